The third kappa shape index (κ3) is 6.33. The molecule has 0 aromatic heterocycles. The van der Waals surface area contributed by atoms with Crippen molar-refractivity contribution in [3.05, 3.63) is 11.6 Å². The third-order valence-electron chi connectivity index (χ3n) is 4.97. The van der Waals surface area contributed by atoms with Crippen molar-refractivity contribution in [3.63, 3.8) is 0 Å². The van der Waals surface area contributed by atoms with Crippen molar-refractivity contribution in [2.45, 2.75) is 77.4 Å². The molecule has 156 valence electrons. The van der Waals surface area contributed by atoms with Gasteiger partial charge in [-0.1, -0.05) is 20.8 Å². The zero-order chi connectivity index (χ0) is 21.2. The molecule has 0 saturated heterocycles. The van der Waals surface area contributed by atoms with Crippen molar-refractivity contribution >= 4 is 20.4 Å². The normalized spacial score (nSPS) is 21.6. The summed E-state index contributed by atoms with van der Waals surface area (Å²) in [5.74, 6) is -0.608. The highest BCUT2D eigenvalue weighted by Crippen LogP contribution is 2.37. The molecule has 0 aromatic carbocycles. The summed E-state index contributed by atoms with van der Waals surface area (Å²) in [7, 11) is -0.800. The molecule has 7 nitrogen and oxygen atoms in total. The smallest absolute Gasteiger partial charge is 0.410 e. The summed E-state index contributed by atoms with van der Waals surface area (Å²) in [4.78, 5) is 26.0. The Morgan fingerprint density at radius 1 is 1.22 bits per heavy atom. The van der Waals surface area contributed by atoms with Crippen molar-refractivity contribution in [2.24, 2.45) is 0 Å². The number of hydrogen-bond donors (Lipinski definition) is 1. The number of carbonyl (C=O) groups excluding carboxylic acids is 2. The number of amides is 1. The molecule has 8 heteroatoms. The number of rotatable bonds is 4. The summed E-state index contributed by atoms with van der Waals surface area (Å²) in [6, 6.07) is -0.522. The lowest BCUT2D eigenvalue weighted by atomic mass is 10.0. The van der Waals surface area contributed by atoms with Crippen LogP contribution in [0.1, 0.15) is 41.5 Å². The maximum absolute atomic E-state index is 12.6. The molecule has 0 aromatic rings. The number of aliphatic hydroxyl groups is 1. The largest absolute Gasteiger partial charge is 0.466 e. The van der Waals surface area contributed by atoms with Crippen LogP contribution in [-0.4, -0.2) is 68.4 Å². The molecule has 2 unspecified atom stereocenters. The van der Waals surface area contributed by atoms with E-state index < -0.39 is 38.1 Å². The minimum absolute atomic E-state index is 0.00677. The van der Waals surface area contributed by atoms with Crippen LogP contribution in [0.5, 0.6) is 0 Å². The summed E-state index contributed by atoms with van der Waals surface area (Å²) in [5.41, 5.74) is -0.528. The highest BCUT2D eigenvalue weighted by Gasteiger charge is 2.41. The van der Waals surface area contributed by atoms with Crippen LogP contribution < -0.4 is 0 Å². The molecule has 0 spiro atoms. The summed E-state index contributed by atoms with van der Waals surface area (Å²) in [6.07, 6.45) is -0.128. The molecule has 0 fully saturated rings. The summed E-state index contributed by atoms with van der Waals surface area (Å²) < 4.78 is 16.5. The first-order valence-corrected chi connectivity index (χ1v) is 12.1. The number of β-amino-alcohol motifs (C(OH)–C–C–N with tert-alkyl or cyclic N) is 1. The molecule has 1 N–H and O–H groups in total. The van der Waals surface area contributed by atoms with Gasteiger partial charge in [0.2, 0.25) is 0 Å². The Hall–Kier alpha value is -1.38. The van der Waals surface area contributed by atoms with Crippen molar-refractivity contribution in [2.75, 3.05) is 20.3 Å². The molecule has 1 aliphatic heterocycles. The number of hydrogen-bond acceptors (Lipinski definition) is 6. The Morgan fingerprint density at radius 3 is 2.22 bits per heavy atom. The van der Waals surface area contributed by atoms with E-state index in [0.29, 0.717) is 0 Å². The molecule has 0 bridgehead atoms. The minimum atomic E-state index is -2.06. The van der Waals surface area contributed by atoms with Crippen molar-refractivity contribution < 1.29 is 28.6 Å². The van der Waals surface area contributed by atoms with Crippen LogP contribution in [-0.2, 0) is 18.7 Å². The molecule has 1 rings (SSSR count). The van der Waals surface area contributed by atoms with Crippen LogP contribution in [0.25, 0.3) is 0 Å². The van der Waals surface area contributed by atoms with Crippen molar-refractivity contribution in [1.82, 2.24) is 4.90 Å². The van der Waals surface area contributed by atoms with Gasteiger partial charge in [-0.15, -0.1) is 0 Å². The molecule has 0 aliphatic carbocycles. The standard InChI is InChI=1S/C19H35NO6Si/c1-18(2,3)26-17(23)20-11-15(21)14(16(22)24-7)10-13(20)12-25-27(8,9)19(4,5)6/h10,13,15,21H,11-12H2,1-9H3. The van der Waals surface area contributed by atoms with Crippen LogP contribution in [0, 0.1) is 0 Å². The molecule has 2 atom stereocenters. The average molecular weight is 402 g/mol. The summed E-state index contributed by atoms with van der Waals surface area (Å²) in [5, 5.41) is 10.3. The van der Waals surface area contributed by atoms with E-state index in [1.165, 1.54) is 12.0 Å². The average Bonchev–Trinajstić information content (AvgIpc) is 2.49. The van der Waals surface area contributed by atoms with Gasteiger partial charge >= 0.3 is 12.1 Å². The molecule has 1 amide bonds. The number of carbonyl (C=O) groups is 2. The predicted octanol–water partition coefficient (Wildman–Crippen LogP) is 3.09. The molecule has 0 saturated carbocycles. The summed E-state index contributed by atoms with van der Waals surface area (Å²) in [6.45, 7) is 16.1. The Balaban J connectivity index is 3.12. The van der Waals surface area contributed by atoms with Gasteiger partial charge in [0.05, 0.1) is 31.9 Å². The van der Waals surface area contributed by atoms with Gasteiger partial charge in [0, 0.05) is 0 Å². The van der Waals surface area contributed by atoms with E-state index in [9.17, 15) is 14.7 Å². The maximum Gasteiger partial charge on any atom is 0.410 e. The lowest BCUT2D eigenvalue weighted by molar-refractivity contribution is -0.137. The second-order valence-electron chi connectivity index (χ2n) is 9.40. The Bertz CT molecular complexity index is 588. The zero-order valence-corrected chi connectivity index (χ0v) is 19.1. The van der Waals surface area contributed by atoms with E-state index in [4.69, 9.17) is 13.9 Å². The molecule has 27 heavy (non-hydrogen) atoms. The van der Waals surface area contributed by atoms with E-state index in [1.807, 2.05) is 0 Å². The summed E-state index contributed by atoms with van der Waals surface area (Å²) >= 11 is 0. The fourth-order valence-electron chi connectivity index (χ4n) is 2.33. The highest BCUT2D eigenvalue weighted by atomic mass is 28.4. The monoisotopic (exact) mass is 401 g/mol. The van der Waals surface area contributed by atoms with Gasteiger partial charge in [-0.2, -0.15) is 0 Å². The topological polar surface area (TPSA) is 85.3 Å². The Labute approximate surface area is 163 Å². The van der Waals surface area contributed by atoms with Gasteiger partial charge in [-0.25, -0.2) is 9.59 Å². The zero-order valence-electron chi connectivity index (χ0n) is 18.1. The molecular formula is C19H35NO6Si. The number of ether oxygens (including phenoxy) is 2. The van der Waals surface area contributed by atoms with E-state index >= 15 is 0 Å². The number of methoxy groups -OCH3 is 1. The van der Waals surface area contributed by atoms with Crippen molar-refractivity contribution in [3.8, 4) is 0 Å². The van der Waals surface area contributed by atoms with E-state index in [-0.39, 0.29) is 23.8 Å². The fourth-order valence-corrected chi connectivity index (χ4v) is 3.35. The van der Waals surface area contributed by atoms with Crippen LogP contribution in [0.3, 0.4) is 0 Å². The Morgan fingerprint density at radius 2 is 1.78 bits per heavy atom. The van der Waals surface area contributed by atoms with Gasteiger partial charge in [0.1, 0.15) is 11.7 Å². The molecule has 0 radical (unpaired) electrons. The first-order valence-electron chi connectivity index (χ1n) is 9.21. The quantitative estimate of drug-likeness (QED) is 0.575. The molecule has 1 heterocycles. The fraction of sp³-hybridized carbons (Fsp3) is 0.789. The van der Waals surface area contributed by atoms with Gasteiger partial charge < -0.3 is 19.0 Å². The van der Waals surface area contributed by atoms with Gasteiger partial charge in [-0.3, -0.25) is 4.90 Å². The van der Waals surface area contributed by atoms with Crippen LogP contribution in [0.15, 0.2) is 11.6 Å². The van der Waals surface area contributed by atoms with Crippen LogP contribution in [0.4, 0.5) is 4.79 Å². The van der Waals surface area contributed by atoms with E-state index in [2.05, 4.69) is 33.9 Å². The number of nitrogens with zero attached hydrogens (tertiary/aromatic N) is 1. The minimum Gasteiger partial charge on any atom is -0.466 e. The van der Waals surface area contributed by atoms with Crippen LogP contribution in [0.2, 0.25) is 18.1 Å². The predicted molar refractivity (Wildman–Crippen MR) is 106 cm³/mol. The second-order valence-corrected chi connectivity index (χ2v) is 14.2. The third-order valence-corrected chi connectivity index (χ3v) is 9.47. The first kappa shape index (κ1) is 23.7. The van der Waals surface area contributed by atoms with Gasteiger partial charge in [0.25, 0.3) is 0 Å². The maximum atomic E-state index is 12.6. The lowest BCUT2D eigenvalue weighted by Crippen LogP contribution is -2.53. The van der Waals surface area contributed by atoms with Crippen molar-refractivity contribution in [1.29, 1.82) is 0 Å². The first-order chi connectivity index (χ1) is 12.1. The molecular weight excluding hydrogens is 366 g/mol. The number of aliphatic hydroxyl groups excluding tert-OH is 1. The van der Waals surface area contributed by atoms with Gasteiger partial charge in [-0.05, 0) is 45.0 Å². The van der Waals surface area contributed by atoms with Crippen LogP contribution >= 0.6 is 0 Å². The SMILES string of the molecule is COC(=O)C1=CC(CO[Si](C)(C)C(C)(C)C)N(C(=O)OC(C)(C)C)CC1O. The molecule has 1 aliphatic rings. The lowest BCUT2D eigenvalue weighted by Gasteiger charge is -2.41. The van der Waals surface area contributed by atoms with Gasteiger partial charge in [0.15, 0.2) is 8.32 Å². The highest BCUT2D eigenvalue weighted by molar-refractivity contribution is 6.74. The second kappa shape index (κ2) is 8.32. The van der Waals surface area contributed by atoms with E-state index in [0.717, 1.165) is 0 Å². The van der Waals surface area contributed by atoms with E-state index in [1.54, 1.807) is 26.8 Å². The Kier molecular flexibility index (Phi) is 7.29. The number of esters is 1.